The predicted molar refractivity (Wildman–Crippen MR) is 70.7 cm³/mol. The first-order valence-electron chi connectivity index (χ1n) is 5.53. The van der Waals surface area contributed by atoms with E-state index in [2.05, 4.69) is 51.5 Å². The van der Waals surface area contributed by atoms with Gasteiger partial charge in [-0.05, 0) is 31.0 Å². The van der Waals surface area contributed by atoms with Crippen molar-refractivity contribution in [3.05, 3.63) is 51.3 Å². The van der Waals surface area contributed by atoms with Crippen molar-refractivity contribution in [1.29, 1.82) is 0 Å². The quantitative estimate of drug-likeness (QED) is 0.940. The van der Waals surface area contributed by atoms with E-state index >= 15 is 0 Å². The molecule has 0 aliphatic rings. The van der Waals surface area contributed by atoms with Gasteiger partial charge in [0.25, 0.3) is 0 Å². The molecule has 0 aliphatic heterocycles. The van der Waals surface area contributed by atoms with Gasteiger partial charge in [0.1, 0.15) is 5.76 Å². The van der Waals surface area contributed by atoms with E-state index < -0.39 is 0 Å². The Morgan fingerprint density at radius 3 is 2.71 bits per heavy atom. The maximum Gasteiger partial charge on any atom is 0.133 e. The molecular formula is C13H15BrN2O. The van der Waals surface area contributed by atoms with E-state index in [0.29, 0.717) is 0 Å². The lowest BCUT2D eigenvalue weighted by Crippen LogP contribution is -2.13. The summed E-state index contributed by atoms with van der Waals surface area (Å²) in [5.74, 6) is 0.846. The molecule has 0 unspecified atom stereocenters. The van der Waals surface area contributed by atoms with Crippen molar-refractivity contribution in [3.8, 4) is 0 Å². The van der Waals surface area contributed by atoms with Gasteiger partial charge in [0.05, 0.1) is 5.69 Å². The lowest BCUT2D eigenvalue weighted by atomic mass is 10.1. The zero-order valence-corrected chi connectivity index (χ0v) is 11.5. The Morgan fingerprint density at radius 2 is 2.06 bits per heavy atom. The van der Waals surface area contributed by atoms with E-state index in [1.54, 1.807) is 0 Å². The van der Waals surface area contributed by atoms with Gasteiger partial charge < -0.3 is 9.84 Å². The van der Waals surface area contributed by atoms with Crippen molar-refractivity contribution in [2.75, 3.05) is 0 Å². The molecule has 0 bridgehead atoms. The van der Waals surface area contributed by atoms with Crippen molar-refractivity contribution in [2.24, 2.45) is 0 Å². The summed E-state index contributed by atoms with van der Waals surface area (Å²) >= 11 is 3.56. The highest BCUT2D eigenvalue weighted by Crippen LogP contribution is 2.18. The van der Waals surface area contributed by atoms with Gasteiger partial charge in [0.15, 0.2) is 0 Å². The number of rotatable bonds is 4. The highest BCUT2D eigenvalue weighted by atomic mass is 79.9. The zero-order valence-electron chi connectivity index (χ0n) is 9.96. The number of nitrogens with one attached hydrogen (secondary N) is 1. The molecule has 0 saturated carbocycles. The minimum absolute atomic E-state index is 0.720. The molecule has 0 aliphatic carbocycles. The summed E-state index contributed by atoms with van der Waals surface area (Å²) in [7, 11) is 0. The molecule has 1 aromatic carbocycles. The Labute approximate surface area is 109 Å². The van der Waals surface area contributed by atoms with Crippen LogP contribution in [0.25, 0.3) is 0 Å². The fraction of sp³-hybridized carbons (Fsp3) is 0.308. The molecule has 2 aromatic rings. The molecule has 1 N–H and O–H groups in total. The van der Waals surface area contributed by atoms with E-state index in [0.717, 1.165) is 29.0 Å². The van der Waals surface area contributed by atoms with Crippen molar-refractivity contribution in [1.82, 2.24) is 10.5 Å². The Morgan fingerprint density at radius 1 is 1.24 bits per heavy atom. The minimum Gasteiger partial charge on any atom is -0.361 e. The second-order valence-electron chi connectivity index (χ2n) is 4.13. The fourth-order valence-electron chi connectivity index (χ4n) is 1.62. The molecule has 0 radical (unpaired) electrons. The molecule has 0 atom stereocenters. The summed E-state index contributed by atoms with van der Waals surface area (Å²) in [6, 6.07) is 8.30. The van der Waals surface area contributed by atoms with Crippen LogP contribution in [0.5, 0.6) is 0 Å². The standard InChI is InChI=1S/C13H15BrN2O/c1-9-3-4-11(13(14)5-9)7-15-8-12-6-10(2)17-16-12/h3-6,15H,7-8H2,1-2H3. The van der Waals surface area contributed by atoms with Crippen LogP contribution < -0.4 is 5.32 Å². The third kappa shape index (κ3) is 3.41. The number of nitrogens with zero attached hydrogens (tertiary/aromatic N) is 1. The third-order valence-electron chi connectivity index (χ3n) is 2.51. The lowest BCUT2D eigenvalue weighted by Gasteiger charge is -2.06. The first-order chi connectivity index (χ1) is 8.15. The van der Waals surface area contributed by atoms with Crippen LogP contribution in [0.4, 0.5) is 0 Å². The van der Waals surface area contributed by atoms with Crippen LogP contribution in [0.3, 0.4) is 0 Å². The van der Waals surface area contributed by atoms with Crippen LogP contribution in [0.15, 0.2) is 33.3 Å². The lowest BCUT2D eigenvalue weighted by molar-refractivity contribution is 0.388. The van der Waals surface area contributed by atoms with Gasteiger partial charge >= 0.3 is 0 Å². The van der Waals surface area contributed by atoms with Crippen LogP contribution in [-0.4, -0.2) is 5.16 Å². The smallest absolute Gasteiger partial charge is 0.133 e. The van der Waals surface area contributed by atoms with Gasteiger partial charge in [-0.25, -0.2) is 0 Å². The molecule has 4 heteroatoms. The van der Waals surface area contributed by atoms with Crippen molar-refractivity contribution in [3.63, 3.8) is 0 Å². The van der Waals surface area contributed by atoms with Gasteiger partial charge in [-0.15, -0.1) is 0 Å². The van der Waals surface area contributed by atoms with Gasteiger partial charge in [-0.3, -0.25) is 0 Å². The van der Waals surface area contributed by atoms with E-state index in [9.17, 15) is 0 Å². The Kier molecular flexibility index (Phi) is 3.97. The van der Waals surface area contributed by atoms with Crippen molar-refractivity contribution < 1.29 is 4.52 Å². The first-order valence-corrected chi connectivity index (χ1v) is 6.32. The number of hydrogen-bond acceptors (Lipinski definition) is 3. The number of aryl methyl sites for hydroxylation is 2. The normalized spacial score (nSPS) is 10.8. The predicted octanol–water partition coefficient (Wildman–Crippen LogP) is 3.34. The van der Waals surface area contributed by atoms with Gasteiger partial charge in [-0.1, -0.05) is 33.2 Å². The molecule has 90 valence electrons. The SMILES string of the molecule is Cc1ccc(CNCc2cc(C)on2)c(Br)c1. The van der Waals surface area contributed by atoms with E-state index in [-0.39, 0.29) is 0 Å². The number of hydrogen-bond donors (Lipinski definition) is 1. The highest BCUT2D eigenvalue weighted by molar-refractivity contribution is 9.10. The average molecular weight is 295 g/mol. The summed E-state index contributed by atoms with van der Waals surface area (Å²) in [5.41, 5.74) is 3.44. The van der Waals surface area contributed by atoms with Crippen molar-refractivity contribution >= 4 is 15.9 Å². The third-order valence-corrected chi connectivity index (χ3v) is 3.25. The molecule has 2 rings (SSSR count). The Bertz CT molecular complexity index is 508. The topological polar surface area (TPSA) is 38.1 Å². The molecule has 1 heterocycles. The average Bonchev–Trinajstić information content (AvgIpc) is 2.68. The molecule has 3 nitrogen and oxygen atoms in total. The Balaban J connectivity index is 1.90. The van der Waals surface area contributed by atoms with Gasteiger partial charge in [0.2, 0.25) is 0 Å². The highest BCUT2D eigenvalue weighted by Gasteiger charge is 2.02. The monoisotopic (exact) mass is 294 g/mol. The molecule has 0 amide bonds. The van der Waals surface area contributed by atoms with E-state index in [4.69, 9.17) is 4.52 Å². The van der Waals surface area contributed by atoms with Crippen LogP contribution in [0, 0.1) is 13.8 Å². The molecular weight excluding hydrogens is 280 g/mol. The maximum absolute atomic E-state index is 5.01. The first kappa shape index (κ1) is 12.3. The van der Waals surface area contributed by atoms with E-state index in [1.807, 2.05) is 13.0 Å². The molecule has 17 heavy (non-hydrogen) atoms. The second-order valence-corrected chi connectivity index (χ2v) is 4.98. The summed E-state index contributed by atoms with van der Waals surface area (Å²) in [4.78, 5) is 0. The summed E-state index contributed by atoms with van der Waals surface area (Å²) < 4.78 is 6.15. The maximum atomic E-state index is 5.01. The van der Waals surface area contributed by atoms with Crippen LogP contribution in [0.1, 0.15) is 22.6 Å². The minimum atomic E-state index is 0.720. The van der Waals surface area contributed by atoms with Crippen LogP contribution in [0.2, 0.25) is 0 Å². The summed E-state index contributed by atoms with van der Waals surface area (Å²) in [6.07, 6.45) is 0. The molecule has 0 spiro atoms. The number of benzene rings is 1. The van der Waals surface area contributed by atoms with Gasteiger partial charge in [-0.2, -0.15) is 0 Å². The van der Waals surface area contributed by atoms with Crippen LogP contribution >= 0.6 is 15.9 Å². The van der Waals surface area contributed by atoms with Gasteiger partial charge in [0, 0.05) is 23.6 Å². The molecule has 1 aromatic heterocycles. The van der Waals surface area contributed by atoms with E-state index in [1.165, 1.54) is 11.1 Å². The zero-order chi connectivity index (χ0) is 12.3. The number of aromatic nitrogens is 1. The fourth-order valence-corrected chi connectivity index (χ4v) is 2.26. The largest absolute Gasteiger partial charge is 0.361 e. The summed E-state index contributed by atoms with van der Waals surface area (Å²) in [6.45, 7) is 5.51. The van der Waals surface area contributed by atoms with Crippen LogP contribution in [-0.2, 0) is 13.1 Å². The molecule has 0 fully saturated rings. The number of halogens is 1. The molecule has 0 saturated heterocycles. The van der Waals surface area contributed by atoms with Crippen molar-refractivity contribution in [2.45, 2.75) is 26.9 Å². The Hall–Kier alpha value is -1.13. The summed E-state index contributed by atoms with van der Waals surface area (Å²) in [5, 5.41) is 7.27. The second kappa shape index (κ2) is 5.47.